The molecule has 0 saturated carbocycles. The van der Waals surface area contributed by atoms with E-state index in [1.807, 2.05) is 6.92 Å². The lowest BCUT2D eigenvalue weighted by Gasteiger charge is -2.06. The van der Waals surface area contributed by atoms with Gasteiger partial charge < -0.3 is 0 Å². The van der Waals surface area contributed by atoms with Crippen molar-refractivity contribution in [3.05, 3.63) is 28.2 Å². The summed E-state index contributed by atoms with van der Waals surface area (Å²) in [6.45, 7) is 3.91. The third-order valence-electron chi connectivity index (χ3n) is 2.16. The molecule has 0 fully saturated rings. The van der Waals surface area contributed by atoms with E-state index >= 15 is 0 Å². The van der Waals surface area contributed by atoms with Crippen molar-refractivity contribution in [2.75, 3.05) is 6.54 Å². The van der Waals surface area contributed by atoms with Crippen molar-refractivity contribution < 1.29 is 8.42 Å². The van der Waals surface area contributed by atoms with Gasteiger partial charge in [-0.2, -0.15) is 0 Å². The second-order valence-corrected chi connectivity index (χ2v) is 6.11. The Hall–Kier alpha value is -0.830. The number of halogens is 1. The third-order valence-corrected chi connectivity index (χ3v) is 4.51. The molecule has 92 valence electrons. The maximum absolute atomic E-state index is 11.9. The van der Waals surface area contributed by atoms with Crippen LogP contribution in [0.25, 0.3) is 0 Å². The van der Waals surface area contributed by atoms with Gasteiger partial charge >= 0.3 is 0 Å². The molecule has 1 aromatic carbocycles. The van der Waals surface area contributed by atoms with E-state index < -0.39 is 10.0 Å². The lowest BCUT2D eigenvalue weighted by molar-refractivity contribution is 0.582. The quantitative estimate of drug-likeness (QED) is 0.685. The predicted octanol–water partition coefficient (Wildman–Crippen LogP) is 2.45. The van der Waals surface area contributed by atoms with Gasteiger partial charge in [-0.3, -0.25) is 0 Å². The van der Waals surface area contributed by atoms with Gasteiger partial charge in [-0.25, -0.2) is 13.1 Å². The Labute approximate surface area is 111 Å². The van der Waals surface area contributed by atoms with Gasteiger partial charge in [0.25, 0.3) is 0 Å². The van der Waals surface area contributed by atoms with Gasteiger partial charge in [0.15, 0.2) is 0 Å². The Bertz CT molecular complexity index is 556. The largest absolute Gasteiger partial charge is 0.240 e. The Morgan fingerprint density at radius 3 is 2.71 bits per heavy atom. The van der Waals surface area contributed by atoms with Crippen LogP contribution in [0.3, 0.4) is 0 Å². The van der Waals surface area contributed by atoms with Crippen LogP contribution < -0.4 is 4.72 Å². The van der Waals surface area contributed by atoms with Crippen LogP contribution in [0.2, 0.25) is 0 Å². The number of sulfonamides is 1. The van der Waals surface area contributed by atoms with Crippen LogP contribution in [0.15, 0.2) is 27.6 Å². The maximum atomic E-state index is 11.9. The van der Waals surface area contributed by atoms with Crippen molar-refractivity contribution in [3.8, 4) is 11.8 Å². The molecule has 1 rings (SSSR count). The van der Waals surface area contributed by atoms with Gasteiger partial charge in [0.1, 0.15) is 0 Å². The van der Waals surface area contributed by atoms with Gasteiger partial charge in [-0.05, 0) is 37.6 Å². The fourth-order valence-electron chi connectivity index (χ4n) is 1.24. The highest BCUT2D eigenvalue weighted by molar-refractivity contribution is 9.10. The minimum Gasteiger partial charge on any atom is -0.210 e. The highest BCUT2D eigenvalue weighted by Crippen LogP contribution is 2.19. The Morgan fingerprint density at radius 1 is 1.41 bits per heavy atom. The van der Waals surface area contributed by atoms with Crippen molar-refractivity contribution in [2.24, 2.45) is 0 Å². The normalized spacial score (nSPS) is 10.8. The number of benzene rings is 1. The van der Waals surface area contributed by atoms with Crippen LogP contribution in [0.4, 0.5) is 0 Å². The Morgan fingerprint density at radius 2 is 2.12 bits per heavy atom. The van der Waals surface area contributed by atoms with E-state index in [0.29, 0.717) is 13.0 Å². The molecule has 0 saturated heterocycles. The highest BCUT2D eigenvalue weighted by atomic mass is 79.9. The van der Waals surface area contributed by atoms with Gasteiger partial charge in [0.2, 0.25) is 10.0 Å². The monoisotopic (exact) mass is 315 g/mol. The number of rotatable bonds is 4. The van der Waals surface area contributed by atoms with Crippen molar-refractivity contribution >= 4 is 26.0 Å². The van der Waals surface area contributed by atoms with Crippen molar-refractivity contribution in [1.82, 2.24) is 4.72 Å². The molecule has 0 bridgehead atoms. The maximum Gasteiger partial charge on any atom is 0.240 e. The average Bonchev–Trinajstić information content (AvgIpc) is 2.28. The van der Waals surface area contributed by atoms with E-state index in [1.54, 1.807) is 25.1 Å². The van der Waals surface area contributed by atoms with Gasteiger partial charge in [0, 0.05) is 17.4 Å². The topological polar surface area (TPSA) is 46.2 Å². The minimum atomic E-state index is -3.42. The third kappa shape index (κ3) is 4.15. The van der Waals surface area contributed by atoms with Crippen molar-refractivity contribution in [2.45, 2.75) is 25.2 Å². The van der Waals surface area contributed by atoms with Crippen LogP contribution in [-0.4, -0.2) is 15.0 Å². The highest BCUT2D eigenvalue weighted by Gasteiger charge is 2.13. The Balaban J connectivity index is 2.81. The SMILES string of the molecule is CC#CCCNS(=O)(=O)c1ccc(Br)c(C)c1. The van der Waals surface area contributed by atoms with Gasteiger partial charge in [0.05, 0.1) is 4.90 Å². The van der Waals surface area contributed by atoms with Crippen LogP contribution in [-0.2, 0) is 10.0 Å². The molecule has 0 spiro atoms. The number of aryl methyl sites for hydroxylation is 1. The van der Waals surface area contributed by atoms with E-state index in [2.05, 4.69) is 32.5 Å². The fraction of sp³-hybridized carbons (Fsp3) is 0.333. The second kappa shape index (κ2) is 6.20. The van der Waals surface area contributed by atoms with E-state index in [-0.39, 0.29) is 4.90 Å². The van der Waals surface area contributed by atoms with Gasteiger partial charge in [-0.1, -0.05) is 15.9 Å². The molecule has 1 N–H and O–H groups in total. The number of hydrogen-bond donors (Lipinski definition) is 1. The molecule has 0 aliphatic heterocycles. The van der Waals surface area contributed by atoms with E-state index in [0.717, 1.165) is 10.0 Å². The standard InChI is InChI=1S/C12H14BrNO2S/c1-3-4-5-8-14-17(15,16)11-6-7-12(13)10(2)9-11/h6-7,9,14H,5,8H2,1-2H3. The summed E-state index contributed by atoms with van der Waals surface area (Å²) in [7, 11) is -3.42. The first kappa shape index (κ1) is 14.2. The first-order valence-corrected chi connectivity index (χ1v) is 7.40. The molecule has 0 radical (unpaired) electrons. The summed E-state index contributed by atoms with van der Waals surface area (Å²) in [6.07, 6.45) is 0.519. The molecule has 3 nitrogen and oxygen atoms in total. The zero-order valence-electron chi connectivity index (χ0n) is 9.75. The lowest BCUT2D eigenvalue weighted by atomic mass is 10.2. The number of nitrogens with one attached hydrogen (secondary N) is 1. The molecule has 1 aromatic rings. The summed E-state index contributed by atoms with van der Waals surface area (Å²) in [5.74, 6) is 5.53. The summed E-state index contributed by atoms with van der Waals surface area (Å²) in [4.78, 5) is 0.280. The lowest BCUT2D eigenvalue weighted by Crippen LogP contribution is -2.24. The van der Waals surface area contributed by atoms with Crippen LogP contribution in [0, 0.1) is 18.8 Å². The van der Waals surface area contributed by atoms with E-state index in [1.165, 1.54) is 0 Å². The predicted molar refractivity (Wildman–Crippen MR) is 72.1 cm³/mol. The molecule has 0 amide bonds. The smallest absolute Gasteiger partial charge is 0.210 e. The average molecular weight is 316 g/mol. The number of hydrogen-bond acceptors (Lipinski definition) is 2. The van der Waals surface area contributed by atoms with E-state index in [9.17, 15) is 8.42 Å². The molecule has 0 aromatic heterocycles. The van der Waals surface area contributed by atoms with Crippen molar-refractivity contribution in [3.63, 3.8) is 0 Å². The first-order valence-electron chi connectivity index (χ1n) is 5.13. The molecule has 0 atom stereocenters. The summed E-state index contributed by atoms with van der Waals surface area (Å²) < 4.78 is 27.2. The molecule has 0 aliphatic rings. The summed E-state index contributed by atoms with van der Waals surface area (Å²) in [6, 6.07) is 4.94. The van der Waals surface area contributed by atoms with E-state index in [4.69, 9.17) is 0 Å². The van der Waals surface area contributed by atoms with Crippen LogP contribution in [0.5, 0.6) is 0 Å². The van der Waals surface area contributed by atoms with Crippen LogP contribution >= 0.6 is 15.9 Å². The molecular weight excluding hydrogens is 302 g/mol. The molecular formula is C12H14BrNO2S. The fourth-order valence-corrected chi connectivity index (χ4v) is 2.60. The molecule has 0 aliphatic carbocycles. The zero-order valence-corrected chi connectivity index (χ0v) is 12.2. The Kier molecular flexibility index (Phi) is 5.19. The molecule has 5 heteroatoms. The molecule has 0 heterocycles. The first-order chi connectivity index (χ1) is 7.97. The second-order valence-electron chi connectivity index (χ2n) is 3.49. The molecule has 0 unspecified atom stereocenters. The summed E-state index contributed by atoms with van der Waals surface area (Å²) >= 11 is 3.34. The van der Waals surface area contributed by atoms with Gasteiger partial charge in [-0.15, -0.1) is 11.8 Å². The minimum absolute atomic E-state index is 0.280. The molecule has 17 heavy (non-hydrogen) atoms. The summed E-state index contributed by atoms with van der Waals surface area (Å²) in [5.41, 5.74) is 0.890. The zero-order chi connectivity index (χ0) is 12.9. The van der Waals surface area contributed by atoms with Crippen LogP contribution in [0.1, 0.15) is 18.9 Å². The summed E-state index contributed by atoms with van der Waals surface area (Å²) in [5, 5.41) is 0. The van der Waals surface area contributed by atoms with Crippen molar-refractivity contribution in [1.29, 1.82) is 0 Å².